The number of carbonyl (C=O) groups excluding carboxylic acids is 2. The minimum absolute atomic E-state index is 0.187. The molecule has 0 bridgehead atoms. The Morgan fingerprint density at radius 3 is 2.31 bits per heavy atom. The van der Waals surface area contributed by atoms with Gasteiger partial charge in [-0.1, -0.05) is 36.4 Å². The van der Waals surface area contributed by atoms with Gasteiger partial charge in [0.2, 0.25) is 0 Å². The summed E-state index contributed by atoms with van der Waals surface area (Å²) in [5.41, 5.74) is 1.84. The molecule has 0 saturated carbocycles. The van der Waals surface area contributed by atoms with Crippen LogP contribution in [0, 0.1) is 0 Å². The highest BCUT2D eigenvalue weighted by molar-refractivity contribution is 6.37. The zero-order chi connectivity index (χ0) is 18.5. The number of nitrogens with one attached hydrogen (secondary N) is 1. The van der Waals surface area contributed by atoms with Gasteiger partial charge in [-0.15, -0.1) is 0 Å². The average Bonchev–Trinajstić information content (AvgIpc) is 2.90. The maximum Gasteiger partial charge on any atom is 0.278 e. The molecule has 134 valence electrons. The van der Waals surface area contributed by atoms with E-state index in [1.165, 1.54) is 19.1 Å². The third kappa shape index (κ3) is 3.32. The number of benzene rings is 2. The molecule has 26 heavy (non-hydrogen) atoms. The van der Waals surface area contributed by atoms with Crippen molar-refractivity contribution in [2.24, 2.45) is 0 Å². The fourth-order valence-electron chi connectivity index (χ4n) is 2.84. The lowest BCUT2D eigenvalue weighted by molar-refractivity contribution is -0.137. The minimum atomic E-state index is -0.378. The Morgan fingerprint density at radius 2 is 1.62 bits per heavy atom. The fourth-order valence-corrected chi connectivity index (χ4v) is 2.84. The summed E-state index contributed by atoms with van der Waals surface area (Å²) in [6.45, 7) is 0.460. The molecule has 3 rings (SSSR count). The van der Waals surface area contributed by atoms with Crippen molar-refractivity contribution in [2.45, 2.75) is 0 Å². The minimum Gasteiger partial charge on any atom is -0.496 e. The van der Waals surface area contributed by atoms with Gasteiger partial charge in [0.1, 0.15) is 11.4 Å². The van der Waals surface area contributed by atoms with E-state index < -0.39 is 0 Å². The summed E-state index contributed by atoms with van der Waals surface area (Å²) in [6, 6.07) is 16.4. The van der Waals surface area contributed by atoms with Gasteiger partial charge in [0, 0.05) is 18.4 Å². The standard InChI is InChI=1S/C20H20N2O4/c1-25-13-12-22-19(23)17(15-10-6-7-11-16(15)26-2)18(20(22)24)21-14-8-4-3-5-9-14/h3-11,21H,12-13H2,1-2H3. The van der Waals surface area contributed by atoms with Crippen molar-refractivity contribution in [3.05, 3.63) is 65.9 Å². The highest BCUT2D eigenvalue weighted by atomic mass is 16.5. The Kier molecular flexibility index (Phi) is 5.34. The van der Waals surface area contributed by atoms with Gasteiger partial charge in [-0.2, -0.15) is 0 Å². The van der Waals surface area contributed by atoms with Crippen LogP contribution in [0.3, 0.4) is 0 Å². The molecular formula is C20H20N2O4. The van der Waals surface area contributed by atoms with Crippen LogP contribution in [0.5, 0.6) is 5.75 Å². The number of imide groups is 1. The highest BCUT2D eigenvalue weighted by Gasteiger charge is 2.39. The first-order valence-electron chi connectivity index (χ1n) is 8.22. The van der Waals surface area contributed by atoms with Gasteiger partial charge in [-0.25, -0.2) is 0 Å². The fraction of sp³-hybridized carbons (Fsp3) is 0.200. The Hall–Kier alpha value is -3.12. The van der Waals surface area contributed by atoms with Crippen molar-refractivity contribution in [3.63, 3.8) is 0 Å². The summed E-state index contributed by atoms with van der Waals surface area (Å²) in [4.78, 5) is 27.1. The van der Waals surface area contributed by atoms with Gasteiger partial charge in [-0.3, -0.25) is 14.5 Å². The first-order chi connectivity index (χ1) is 12.7. The molecule has 2 amide bonds. The molecule has 6 nitrogen and oxygen atoms in total. The first-order valence-corrected chi connectivity index (χ1v) is 8.22. The van der Waals surface area contributed by atoms with Gasteiger partial charge in [0.15, 0.2) is 0 Å². The zero-order valence-electron chi connectivity index (χ0n) is 14.7. The first kappa shape index (κ1) is 17.7. The summed E-state index contributed by atoms with van der Waals surface area (Å²) in [5, 5.41) is 3.10. The van der Waals surface area contributed by atoms with E-state index in [1.54, 1.807) is 18.2 Å². The average molecular weight is 352 g/mol. The predicted octanol–water partition coefficient (Wildman–Crippen LogP) is 2.53. The molecule has 2 aromatic rings. The third-order valence-corrected chi connectivity index (χ3v) is 4.11. The Morgan fingerprint density at radius 1 is 0.923 bits per heavy atom. The molecule has 0 spiro atoms. The van der Waals surface area contributed by atoms with E-state index in [2.05, 4.69) is 5.32 Å². The molecule has 1 N–H and O–H groups in total. The van der Waals surface area contributed by atoms with Gasteiger partial charge in [0.25, 0.3) is 11.8 Å². The molecule has 2 aromatic carbocycles. The highest BCUT2D eigenvalue weighted by Crippen LogP contribution is 2.35. The van der Waals surface area contributed by atoms with E-state index in [-0.39, 0.29) is 30.7 Å². The molecule has 0 aliphatic carbocycles. The van der Waals surface area contributed by atoms with Crippen molar-refractivity contribution in [1.29, 1.82) is 0 Å². The maximum absolute atomic E-state index is 13.0. The van der Waals surface area contributed by atoms with Gasteiger partial charge >= 0.3 is 0 Å². The molecule has 1 aliphatic rings. The van der Waals surface area contributed by atoms with Crippen LogP contribution in [0.4, 0.5) is 5.69 Å². The molecule has 0 fully saturated rings. The lowest BCUT2D eigenvalue weighted by atomic mass is 10.0. The lowest BCUT2D eigenvalue weighted by Crippen LogP contribution is -2.35. The van der Waals surface area contributed by atoms with E-state index >= 15 is 0 Å². The Balaban J connectivity index is 2.08. The number of amides is 2. The summed E-state index contributed by atoms with van der Waals surface area (Å²) < 4.78 is 10.4. The Bertz CT molecular complexity index is 846. The summed E-state index contributed by atoms with van der Waals surface area (Å²) >= 11 is 0. The quantitative estimate of drug-likeness (QED) is 0.776. The van der Waals surface area contributed by atoms with Crippen molar-refractivity contribution in [3.8, 4) is 5.75 Å². The van der Waals surface area contributed by atoms with Crippen molar-refractivity contribution in [2.75, 3.05) is 32.7 Å². The Labute approximate surface area is 152 Å². The van der Waals surface area contributed by atoms with Crippen LogP contribution in [0.25, 0.3) is 5.57 Å². The molecule has 0 atom stereocenters. The molecule has 0 radical (unpaired) electrons. The van der Waals surface area contributed by atoms with Crippen LogP contribution < -0.4 is 10.1 Å². The van der Waals surface area contributed by atoms with Crippen LogP contribution in [0.1, 0.15) is 5.56 Å². The van der Waals surface area contributed by atoms with E-state index in [1.807, 2.05) is 36.4 Å². The van der Waals surface area contributed by atoms with Crippen LogP contribution in [0.2, 0.25) is 0 Å². The monoisotopic (exact) mass is 352 g/mol. The zero-order valence-corrected chi connectivity index (χ0v) is 14.7. The van der Waals surface area contributed by atoms with E-state index in [0.29, 0.717) is 16.9 Å². The SMILES string of the molecule is COCCN1C(=O)C(Nc2ccccc2)=C(c2ccccc2OC)C1=O. The number of nitrogens with zero attached hydrogens (tertiary/aromatic N) is 1. The second-order valence-electron chi connectivity index (χ2n) is 5.70. The van der Waals surface area contributed by atoms with Gasteiger partial charge < -0.3 is 14.8 Å². The molecular weight excluding hydrogens is 332 g/mol. The number of anilines is 1. The number of rotatable bonds is 7. The van der Waals surface area contributed by atoms with Gasteiger partial charge in [-0.05, 0) is 18.2 Å². The van der Waals surface area contributed by atoms with E-state index in [4.69, 9.17) is 9.47 Å². The smallest absolute Gasteiger partial charge is 0.278 e. The molecule has 1 aliphatic heterocycles. The molecule has 0 saturated heterocycles. The topological polar surface area (TPSA) is 67.9 Å². The molecule has 0 unspecified atom stereocenters. The number of hydrogen-bond donors (Lipinski definition) is 1. The van der Waals surface area contributed by atoms with E-state index in [0.717, 1.165) is 5.69 Å². The lowest BCUT2D eigenvalue weighted by Gasteiger charge is -2.14. The molecule has 0 aromatic heterocycles. The number of ether oxygens (including phenoxy) is 2. The third-order valence-electron chi connectivity index (χ3n) is 4.11. The van der Waals surface area contributed by atoms with Crippen molar-refractivity contribution in [1.82, 2.24) is 4.90 Å². The number of hydrogen-bond acceptors (Lipinski definition) is 5. The van der Waals surface area contributed by atoms with Gasteiger partial charge in [0.05, 0.1) is 25.8 Å². The van der Waals surface area contributed by atoms with Crippen LogP contribution in [0.15, 0.2) is 60.3 Å². The second-order valence-corrected chi connectivity index (χ2v) is 5.70. The normalized spacial score (nSPS) is 14.2. The number of para-hydroxylation sites is 2. The summed E-state index contributed by atoms with van der Waals surface area (Å²) in [6.07, 6.45) is 0. The maximum atomic E-state index is 13.0. The molecule has 6 heteroatoms. The van der Waals surface area contributed by atoms with Crippen LogP contribution in [-0.4, -0.2) is 44.1 Å². The van der Waals surface area contributed by atoms with Crippen molar-refractivity contribution < 1.29 is 19.1 Å². The van der Waals surface area contributed by atoms with Crippen LogP contribution >= 0.6 is 0 Å². The summed E-state index contributed by atoms with van der Waals surface area (Å²) in [5.74, 6) is -0.212. The van der Waals surface area contributed by atoms with E-state index in [9.17, 15) is 9.59 Å². The number of carbonyl (C=O) groups is 2. The predicted molar refractivity (Wildman–Crippen MR) is 98.6 cm³/mol. The largest absolute Gasteiger partial charge is 0.496 e. The summed E-state index contributed by atoms with van der Waals surface area (Å²) in [7, 11) is 3.07. The van der Waals surface area contributed by atoms with Crippen molar-refractivity contribution >= 4 is 23.1 Å². The molecule has 1 heterocycles. The number of methoxy groups -OCH3 is 2. The van der Waals surface area contributed by atoms with Crippen LogP contribution in [-0.2, 0) is 14.3 Å². The second kappa shape index (κ2) is 7.84.